The van der Waals surface area contributed by atoms with Crippen LogP contribution in [-0.2, 0) is 4.79 Å². The van der Waals surface area contributed by atoms with Crippen LogP contribution in [0.4, 0.5) is 14.5 Å². The van der Waals surface area contributed by atoms with Gasteiger partial charge < -0.3 is 15.1 Å². The molecule has 2 N–H and O–H groups in total. The molecule has 1 unspecified atom stereocenters. The maximum Gasteiger partial charge on any atom is 0.287 e. The summed E-state index contributed by atoms with van der Waals surface area (Å²) in [7, 11) is 0. The molecule has 0 saturated carbocycles. The Bertz CT molecular complexity index is 699. The lowest BCUT2D eigenvalue weighted by Gasteiger charge is -2.21. The van der Waals surface area contributed by atoms with E-state index in [1.807, 2.05) is 0 Å². The van der Waals surface area contributed by atoms with Gasteiger partial charge in [0.25, 0.3) is 5.91 Å². The van der Waals surface area contributed by atoms with Crippen molar-refractivity contribution in [1.82, 2.24) is 5.32 Å². The Hall–Kier alpha value is -2.70. The molecule has 2 amide bonds. The van der Waals surface area contributed by atoms with E-state index >= 15 is 0 Å². The van der Waals surface area contributed by atoms with Crippen molar-refractivity contribution >= 4 is 17.5 Å². The minimum Gasteiger partial charge on any atom is -0.459 e. The van der Waals surface area contributed by atoms with Crippen LogP contribution in [0.3, 0.4) is 0 Å². The van der Waals surface area contributed by atoms with Gasteiger partial charge in [0.05, 0.1) is 6.26 Å². The zero-order valence-electron chi connectivity index (χ0n) is 12.6. The number of furan rings is 1. The van der Waals surface area contributed by atoms with Crippen LogP contribution in [0.1, 0.15) is 24.4 Å². The van der Waals surface area contributed by atoms with Crippen molar-refractivity contribution in [3.63, 3.8) is 0 Å². The molecule has 0 aliphatic heterocycles. The molecule has 2 rings (SSSR count). The van der Waals surface area contributed by atoms with E-state index in [0.29, 0.717) is 0 Å². The quantitative estimate of drug-likeness (QED) is 0.889. The maximum absolute atomic E-state index is 13.2. The van der Waals surface area contributed by atoms with Gasteiger partial charge in [0.1, 0.15) is 6.04 Å². The second-order valence-electron chi connectivity index (χ2n) is 5.29. The fourth-order valence-electron chi connectivity index (χ4n) is 1.95. The molecule has 7 heteroatoms. The zero-order valence-corrected chi connectivity index (χ0v) is 12.6. The fraction of sp³-hybridized carbons (Fsp3) is 0.250. The normalized spacial score (nSPS) is 12.0. The standard InChI is InChI=1S/C16H16F2N2O3/c1-9(2)14(20-15(21)13-4-3-7-23-13)16(22)19-10-5-6-11(17)12(18)8-10/h3-9,14H,1-2H3,(H,19,22)(H,20,21). The van der Waals surface area contributed by atoms with Crippen molar-refractivity contribution in [2.24, 2.45) is 5.92 Å². The molecule has 1 aromatic carbocycles. The van der Waals surface area contributed by atoms with Gasteiger partial charge in [-0.2, -0.15) is 0 Å². The number of nitrogens with one attached hydrogen (secondary N) is 2. The Morgan fingerprint density at radius 2 is 1.87 bits per heavy atom. The summed E-state index contributed by atoms with van der Waals surface area (Å²) < 4.78 is 31.0. The second-order valence-corrected chi connectivity index (χ2v) is 5.29. The first-order valence-corrected chi connectivity index (χ1v) is 6.98. The first-order valence-electron chi connectivity index (χ1n) is 6.98. The number of benzene rings is 1. The lowest BCUT2D eigenvalue weighted by molar-refractivity contribution is -0.118. The molecule has 1 heterocycles. The predicted octanol–water partition coefficient (Wildman–Crippen LogP) is 2.95. The van der Waals surface area contributed by atoms with Crippen molar-refractivity contribution in [3.05, 3.63) is 54.0 Å². The number of carbonyl (C=O) groups excluding carboxylic acids is 2. The highest BCUT2D eigenvalue weighted by molar-refractivity contribution is 6.00. The summed E-state index contributed by atoms with van der Waals surface area (Å²) in [5, 5.41) is 5.00. The van der Waals surface area contributed by atoms with Crippen LogP contribution < -0.4 is 10.6 Å². The summed E-state index contributed by atoms with van der Waals surface area (Å²) in [6.45, 7) is 3.50. The van der Waals surface area contributed by atoms with Gasteiger partial charge in [-0.1, -0.05) is 13.8 Å². The molecular formula is C16H16F2N2O3. The van der Waals surface area contributed by atoms with Gasteiger partial charge in [-0.15, -0.1) is 0 Å². The number of carbonyl (C=O) groups is 2. The zero-order chi connectivity index (χ0) is 17.0. The highest BCUT2D eigenvalue weighted by Gasteiger charge is 2.25. The van der Waals surface area contributed by atoms with E-state index in [9.17, 15) is 18.4 Å². The van der Waals surface area contributed by atoms with Crippen LogP contribution in [-0.4, -0.2) is 17.9 Å². The van der Waals surface area contributed by atoms with Gasteiger partial charge in [-0.3, -0.25) is 9.59 Å². The van der Waals surface area contributed by atoms with Crippen LogP contribution >= 0.6 is 0 Å². The van der Waals surface area contributed by atoms with Gasteiger partial charge in [-0.05, 0) is 30.2 Å². The average molecular weight is 322 g/mol. The van der Waals surface area contributed by atoms with Crippen LogP contribution in [0, 0.1) is 17.6 Å². The van der Waals surface area contributed by atoms with Crippen LogP contribution in [0.5, 0.6) is 0 Å². The average Bonchev–Trinajstić information content (AvgIpc) is 3.02. The molecule has 0 radical (unpaired) electrons. The summed E-state index contributed by atoms with van der Waals surface area (Å²) in [6.07, 6.45) is 1.35. The number of hydrogen-bond donors (Lipinski definition) is 2. The van der Waals surface area contributed by atoms with E-state index < -0.39 is 29.5 Å². The minimum atomic E-state index is -1.07. The number of halogens is 2. The molecule has 0 aliphatic rings. The Morgan fingerprint density at radius 3 is 2.43 bits per heavy atom. The van der Waals surface area contributed by atoms with E-state index in [-0.39, 0.29) is 17.4 Å². The maximum atomic E-state index is 13.2. The molecule has 0 aliphatic carbocycles. The molecule has 1 aromatic heterocycles. The topological polar surface area (TPSA) is 71.3 Å². The van der Waals surface area contributed by atoms with Gasteiger partial charge in [0.15, 0.2) is 17.4 Å². The highest BCUT2D eigenvalue weighted by Crippen LogP contribution is 2.15. The Morgan fingerprint density at radius 1 is 1.13 bits per heavy atom. The molecule has 1 atom stereocenters. The number of amides is 2. The third kappa shape index (κ3) is 4.15. The number of hydrogen-bond acceptors (Lipinski definition) is 3. The van der Waals surface area contributed by atoms with Gasteiger partial charge >= 0.3 is 0 Å². The molecule has 23 heavy (non-hydrogen) atoms. The van der Waals surface area contributed by atoms with Gasteiger partial charge in [0, 0.05) is 11.8 Å². The lowest BCUT2D eigenvalue weighted by Crippen LogP contribution is -2.47. The third-order valence-electron chi connectivity index (χ3n) is 3.17. The summed E-state index contributed by atoms with van der Waals surface area (Å²) >= 11 is 0. The van der Waals surface area contributed by atoms with Crippen LogP contribution in [0.15, 0.2) is 41.0 Å². The molecule has 122 valence electrons. The summed E-state index contributed by atoms with van der Waals surface area (Å²) in [5.74, 6) is -3.28. The molecule has 0 fully saturated rings. The van der Waals surface area contributed by atoms with E-state index in [1.165, 1.54) is 18.4 Å². The SMILES string of the molecule is CC(C)C(NC(=O)c1ccco1)C(=O)Nc1ccc(F)c(F)c1. The number of rotatable bonds is 5. The smallest absolute Gasteiger partial charge is 0.287 e. The third-order valence-corrected chi connectivity index (χ3v) is 3.17. The first kappa shape index (κ1) is 16.7. The summed E-state index contributed by atoms with van der Waals surface area (Å²) in [4.78, 5) is 24.3. The highest BCUT2D eigenvalue weighted by atomic mass is 19.2. The van der Waals surface area contributed by atoms with Crippen molar-refractivity contribution in [2.45, 2.75) is 19.9 Å². The van der Waals surface area contributed by atoms with E-state index in [0.717, 1.165) is 12.1 Å². The van der Waals surface area contributed by atoms with Gasteiger partial charge in [0.2, 0.25) is 5.91 Å². The summed E-state index contributed by atoms with van der Waals surface area (Å²) in [5.41, 5.74) is 0.104. The van der Waals surface area contributed by atoms with Crippen LogP contribution in [0.25, 0.3) is 0 Å². The molecule has 0 bridgehead atoms. The van der Waals surface area contributed by atoms with Crippen LogP contribution in [0.2, 0.25) is 0 Å². The molecule has 0 saturated heterocycles. The van der Waals surface area contributed by atoms with E-state index in [1.54, 1.807) is 19.9 Å². The Kier molecular flexibility index (Phi) is 5.10. The molecule has 0 spiro atoms. The minimum absolute atomic E-state index is 0.0799. The monoisotopic (exact) mass is 322 g/mol. The Balaban J connectivity index is 2.09. The van der Waals surface area contributed by atoms with E-state index in [4.69, 9.17) is 4.42 Å². The van der Waals surface area contributed by atoms with E-state index in [2.05, 4.69) is 10.6 Å². The predicted molar refractivity (Wildman–Crippen MR) is 79.8 cm³/mol. The van der Waals surface area contributed by atoms with Crippen molar-refractivity contribution in [2.75, 3.05) is 5.32 Å². The Labute approximate surface area is 131 Å². The first-order chi connectivity index (χ1) is 10.9. The lowest BCUT2D eigenvalue weighted by atomic mass is 10.0. The fourth-order valence-corrected chi connectivity index (χ4v) is 1.95. The number of anilines is 1. The summed E-state index contributed by atoms with van der Waals surface area (Å²) in [6, 6.07) is 5.19. The van der Waals surface area contributed by atoms with Crippen molar-refractivity contribution in [3.8, 4) is 0 Å². The van der Waals surface area contributed by atoms with Gasteiger partial charge in [-0.25, -0.2) is 8.78 Å². The van der Waals surface area contributed by atoms with Crippen molar-refractivity contribution in [1.29, 1.82) is 0 Å². The largest absolute Gasteiger partial charge is 0.459 e. The van der Waals surface area contributed by atoms with Crippen molar-refractivity contribution < 1.29 is 22.8 Å². The second kappa shape index (κ2) is 7.04. The molecular weight excluding hydrogens is 306 g/mol. The molecule has 5 nitrogen and oxygen atoms in total. The molecule has 2 aromatic rings.